The molecule has 1 unspecified atom stereocenters. The van der Waals surface area contributed by atoms with Gasteiger partial charge in [0.2, 0.25) is 15.9 Å². The Bertz CT molecular complexity index is 3240. The summed E-state index contributed by atoms with van der Waals surface area (Å²) in [5.41, 5.74) is -1.04. The largest absolute Gasteiger partial charge is 0.344 e. The highest BCUT2D eigenvalue weighted by atomic mass is 35.5. The van der Waals surface area contributed by atoms with Crippen LogP contribution in [-0.2, 0) is 40.8 Å². The minimum absolute atomic E-state index is 0.00573. The van der Waals surface area contributed by atoms with Gasteiger partial charge in [0.15, 0.2) is 5.82 Å². The molecule has 2 aliphatic carbocycles. The number of carbonyl (C=O) groups excluding carboxylic acids is 1. The van der Waals surface area contributed by atoms with E-state index in [1.165, 1.54) is 54.2 Å². The number of sulfonamides is 1. The van der Waals surface area contributed by atoms with Crippen LogP contribution < -0.4 is 15.6 Å². The molecule has 12 nitrogen and oxygen atoms in total. The topological polar surface area (TPSA) is 146 Å². The summed E-state index contributed by atoms with van der Waals surface area (Å²) < 4.78 is 133. The number of fused-ring (bicyclic) bond motifs is 5. The maximum Gasteiger partial charge on any atom is 0.293 e. The predicted octanol–water partition coefficient (Wildman–Crippen LogP) is 8.13. The molecule has 0 spiro atoms. The molecule has 9 rings (SSSR count). The van der Waals surface area contributed by atoms with Gasteiger partial charge in [-0.3, -0.25) is 28.2 Å². The van der Waals surface area contributed by atoms with Gasteiger partial charge in [-0.2, -0.15) is 19.0 Å². The molecule has 0 bridgehead atoms. The lowest BCUT2D eigenvalue weighted by Crippen LogP contribution is -2.38. The molecular weight excluding hydrogens is 881 g/mol. The van der Waals surface area contributed by atoms with Gasteiger partial charge in [0.05, 0.1) is 44.8 Å². The molecule has 63 heavy (non-hydrogen) atoms. The lowest BCUT2D eigenvalue weighted by Gasteiger charge is -2.24. The molecule has 2 N–H and O–H groups in total. The van der Waals surface area contributed by atoms with Crippen molar-refractivity contribution < 1.29 is 43.9 Å². The Hall–Kier alpha value is -6.28. The fourth-order valence-electron chi connectivity index (χ4n) is 8.70. The first-order chi connectivity index (χ1) is 29.7. The monoisotopic (exact) mass is 912 g/mol. The van der Waals surface area contributed by atoms with Crippen molar-refractivity contribution in [2.45, 2.75) is 50.6 Å². The first kappa shape index (κ1) is 42.0. The molecule has 21 heteroatoms. The summed E-state index contributed by atoms with van der Waals surface area (Å²) in [6.07, 6.45) is -2.83. The van der Waals surface area contributed by atoms with E-state index in [1.807, 2.05) is 0 Å². The standard InChI is InChI=1S/C42H32ClF7N8O4S/c1-18-10-21(44)5-7-24(18)20-4-6-25-29(14-20)52-40(58(41(25)60)31-9-8-28(43)34-36(31)56(2)54-39(34)55-63(3,61)62)30(13-19-11-22(45)15-23(46)12-19)51-32(59)17-57-37-33(35(53-57)38(47)48)26-16-27(26)42(37,49)50/h4-12,14-15,26-27,30,38H,13,16-17H2,1-3H3,(H,51,59)(H,54,55)/t26?,27-,30+/m1/s1. The van der Waals surface area contributed by atoms with Crippen molar-refractivity contribution in [3.8, 4) is 16.8 Å². The fourth-order valence-corrected chi connectivity index (χ4v) is 9.43. The summed E-state index contributed by atoms with van der Waals surface area (Å²) >= 11 is 6.62. The number of benzene rings is 4. The van der Waals surface area contributed by atoms with Crippen molar-refractivity contribution in [2.75, 3.05) is 11.0 Å². The molecular formula is C42H32ClF7N8O4S. The Balaban J connectivity index is 1.26. The zero-order valence-corrected chi connectivity index (χ0v) is 34.6. The van der Waals surface area contributed by atoms with Crippen molar-refractivity contribution in [3.63, 3.8) is 0 Å². The molecule has 0 aliphatic heterocycles. The first-order valence-corrected chi connectivity index (χ1v) is 21.4. The number of hydrogen-bond donors (Lipinski definition) is 2. The van der Waals surface area contributed by atoms with Crippen LogP contribution in [-0.4, -0.2) is 49.7 Å². The molecule has 4 aromatic carbocycles. The van der Waals surface area contributed by atoms with E-state index in [9.17, 15) is 35.2 Å². The van der Waals surface area contributed by atoms with Crippen LogP contribution in [0.1, 0.15) is 58.7 Å². The summed E-state index contributed by atoms with van der Waals surface area (Å²) in [5, 5.41) is 10.8. The lowest BCUT2D eigenvalue weighted by atomic mass is 9.99. The van der Waals surface area contributed by atoms with Crippen LogP contribution in [0, 0.1) is 30.3 Å². The highest BCUT2D eigenvalue weighted by Crippen LogP contribution is 2.68. The number of amides is 1. The number of rotatable bonds is 11. The molecule has 3 atom stereocenters. The Kier molecular flexibility index (Phi) is 9.96. The van der Waals surface area contributed by atoms with E-state index >= 15 is 13.6 Å². The van der Waals surface area contributed by atoms with Crippen molar-refractivity contribution in [2.24, 2.45) is 13.0 Å². The van der Waals surface area contributed by atoms with E-state index < -0.39 is 93.5 Å². The molecule has 0 radical (unpaired) electrons. The van der Waals surface area contributed by atoms with Gasteiger partial charge in [-0.25, -0.2) is 35.4 Å². The maximum atomic E-state index is 15.5. The van der Waals surface area contributed by atoms with Crippen LogP contribution in [0.4, 0.5) is 36.6 Å². The van der Waals surface area contributed by atoms with Crippen LogP contribution in [0.25, 0.3) is 38.6 Å². The molecule has 1 amide bonds. The fraction of sp³-hybridized carbons (Fsp3) is 0.262. The van der Waals surface area contributed by atoms with E-state index in [4.69, 9.17) is 16.6 Å². The number of hydrogen-bond acceptors (Lipinski definition) is 7. The number of anilines is 1. The van der Waals surface area contributed by atoms with Gasteiger partial charge in [0.25, 0.3) is 17.9 Å². The van der Waals surface area contributed by atoms with Gasteiger partial charge in [-0.1, -0.05) is 23.7 Å². The summed E-state index contributed by atoms with van der Waals surface area (Å²) in [6, 6.07) is 12.4. The number of alkyl halides is 4. The van der Waals surface area contributed by atoms with Gasteiger partial charge < -0.3 is 5.32 Å². The highest BCUT2D eigenvalue weighted by molar-refractivity contribution is 7.92. The van der Waals surface area contributed by atoms with E-state index in [1.54, 1.807) is 13.0 Å². The number of carbonyl (C=O) groups is 1. The Morgan fingerprint density at radius 1 is 0.984 bits per heavy atom. The van der Waals surface area contributed by atoms with Gasteiger partial charge in [0, 0.05) is 31.0 Å². The van der Waals surface area contributed by atoms with E-state index in [2.05, 4.69) is 20.2 Å². The third kappa shape index (κ3) is 7.37. The minimum Gasteiger partial charge on any atom is -0.344 e. The Labute approximate surface area is 357 Å². The van der Waals surface area contributed by atoms with Crippen LogP contribution in [0.3, 0.4) is 0 Å². The second kappa shape index (κ2) is 14.9. The lowest BCUT2D eigenvalue weighted by molar-refractivity contribution is -0.123. The van der Waals surface area contributed by atoms with Crippen molar-refractivity contribution in [1.29, 1.82) is 0 Å². The normalized spacial score (nSPS) is 17.0. The summed E-state index contributed by atoms with van der Waals surface area (Å²) in [4.78, 5) is 34.0. The predicted molar refractivity (Wildman–Crippen MR) is 218 cm³/mol. The number of nitrogens with one attached hydrogen (secondary N) is 2. The van der Waals surface area contributed by atoms with Crippen LogP contribution >= 0.6 is 11.6 Å². The van der Waals surface area contributed by atoms with Gasteiger partial charge >= 0.3 is 0 Å². The van der Waals surface area contributed by atoms with Gasteiger partial charge in [0.1, 0.15) is 41.2 Å². The average Bonchev–Trinajstić information content (AvgIpc) is 3.72. The minimum atomic E-state index is -3.93. The van der Waals surface area contributed by atoms with Crippen LogP contribution in [0.15, 0.2) is 71.5 Å². The number of aromatic nitrogens is 6. The van der Waals surface area contributed by atoms with E-state index in [0.717, 1.165) is 23.0 Å². The van der Waals surface area contributed by atoms with E-state index in [0.29, 0.717) is 27.4 Å². The average molecular weight is 913 g/mol. The SMILES string of the molecule is Cc1cc(F)ccc1-c1ccc2c(=O)n(-c3ccc(Cl)c4c(NS(C)(=O)=O)nn(C)c34)c([C@H](Cc3cc(F)cc(F)c3)NC(=O)Cn3nc(C(F)F)c4c3C(F)(F)[C@@H]3CC43)nc2c1. The Morgan fingerprint density at radius 3 is 2.40 bits per heavy atom. The number of halogens is 8. The van der Waals surface area contributed by atoms with Crippen molar-refractivity contribution >= 4 is 55.2 Å². The molecule has 2 aliphatic rings. The third-order valence-electron chi connectivity index (χ3n) is 11.3. The molecule has 1 saturated carbocycles. The molecule has 326 valence electrons. The number of aryl methyl sites for hydroxylation is 2. The molecule has 0 saturated heterocycles. The Morgan fingerprint density at radius 2 is 1.71 bits per heavy atom. The third-order valence-corrected chi connectivity index (χ3v) is 12.2. The smallest absolute Gasteiger partial charge is 0.293 e. The van der Waals surface area contributed by atoms with Gasteiger partial charge in [-0.15, -0.1) is 0 Å². The quantitative estimate of drug-likeness (QED) is 0.125. The highest BCUT2D eigenvalue weighted by Gasteiger charge is 2.67. The summed E-state index contributed by atoms with van der Waals surface area (Å²) in [7, 11) is -2.49. The maximum absolute atomic E-state index is 15.5. The summed E-state index contributed by atoms with van der Waals surface area (Å²) in [5.74, 6) is -9.66. The summed E-state index contributed by atoms with van der Waals surface area (Å²) in [6.45, 7) is 0.672. The molecule has 3 heterocycles. The first-order valence-electron chi connectivity index (χ1n) is 19.2. The zero-order chi connectivity index (χ0) is 45.0. The molecule has 3 aromatic heterocycles. The van der Waals surface area contributed by atoms with Crippen LogP contribution in [0.5, 0.6) is 0 Å². The molecule has 7 aromatic rings. The number of nitrogens with zero attached hydrogens (tertiary/aromatic N) is 6. The zero-order valence-electron chi connectivity index (χ0n) is 33.0. The van der Waals surface area contributed by atoms with Crippen LogP contribution in [0.2, 0.25) is 5.02 Å². The van der Waals surface area contributed by atoms with Crippen molar-refractivity contribution in [1.82, 2.24) is 34.4 Å². The molecule has 1 fully saturated rings. The van der Waals surface area contributed by atoms with Gasteiger partial charge in [-0.05, 0) is 90.0 Å². The van der Waals surface area contributed by atoms with Crippen molar-refractivity contribution in [3.05, 3.63) is 133 Å². The van der Waals surface area contributed by atoms with E-state index in [-0.39, 0.29) is 61.7 Å². The second-order valence-electron chi connectivity index (χ2n) is 15.7. The second-order valence-corrected chi connectivity index (χ2v) is 17.9.